The van der Waals surface area contributed by atoms with Gasteiger partial charge in [0.1, 0.15) is 11.9 Å². The lowest BCUT2D eigenvalue weighted by atomic mass is 10.1. The van der Waals surface area contributed by atoms with Crippen molar-refractivity contribution in [1.29, 1.82) is 0 Å². The number of carbonyl (C=O) groups excluding carboxylic acids is 2. The van der Waals surface area contributed by atoms with Gasteiger partial charge in [0.2, 0.25) is 5.91 Å². The van der Waals surface area contributed by atoms with Crippen LogP contribution in [0.4, 0.5) is 5.69 Å². The second kappa shape index (κ2) is 10.2. The number of fused-ring (bicyclic) bond motifs is 1. The lowest BCUT2D eigenvalue weighted by Gasteiger charge is -2.37. The number of halogens is 3. The predicted molar refractivity (Wildman–Crippen MR) is 119 cm³/mol. The van der Waals surface area contributed by atoms with E-state index in [-0.39, 0.29) is 24.4 Å². The Morgan fingerprint density at radius 2 is 1.90 bits per heavy atom. The van der Waals surface area contributed by atoms with Crippen LogP contribution >= 0.6 is 34.8 Å². The molecule has 2 aromatic rings. The second-order valence-electron chi connectivity index (χ2n) is 6.88. The first-order chi connectivity index (χ1) is 14.4. The number of hydrogen-bond acceptors (Lipinski definition) is 4. The van der Waals surface area contributed by atoms with E-state index >= 15 is 0 Å². The fraction of sp³-hybridized carbons (Fsp3) is 0.333. The van der Waals surface area contributed by atoms with Crippen molar-refractivity contribution in [2.45, 2.75) is 38.8 Å². The zero-order chi connectivity index (χ0) is 21.7. The third kappa shape index (κ3) is 5.50. The van der Waals surface area contributed by atoms with Crippen molar-refractivity contribution in [3.05, 3.63) is 57.0 Å². The van der Waals surface area contributed by atoms with Crippen molar-refractivity contribution < 1.29 is 14.3 Å². The van der Waals surface area contributed by atoms with Gasteiger partial charge in [0.25, 0.3) is 5.91 Å². The van der Waals surface area contributed by atoms with Gasteiger partial charge < -0.3 is 10.1 Å². The average Bonchev–Trinajstić information content (AvgIpc) is 2.70. The summed E-state index contributed by atoms with van der Waals surface area (Å²) in [6, 6.07) is 10.1. The molecule has 0 radical (unpaired) electrons. The first-order valence-electron chi connectivity index (χ1n) is 9.66. The molecule has 1 aliphatic heterocycles. The van der Waals surface area contributed by atoms with Crippen molar-refractivity contribution in [1.82, 2.24) is 10.4 Å². The summed E-state index contributed by atoms with van der Waals surface area (Å²) in [7, 11) is 0. The van der Waals surface area contributed by atoms with E-state index in [1.807, 2.05) is 6.92 Å². The minimum absolute atomic E-state index is 0.191. The molecule has 0 saturated heterocycles. The molecule has 6 nitrogen and oxygen atoms in total. The summed E-state index contributed by atoms with van der Waals surface area (Å²) in [6.45, 7) is 2.32. The van der Waals surface area contributed by atoms with Crippen molar-refractivity contribution in [3.63, 3.8) is 0 Å². The standard InChI is InChI=1S/C21H22Cl3N3O3/c1-2-4-19-25-17-8-6-13(22)11-15(17)21(29)27(19)26-20(28)5-3-10-30-18-9-7-14(23)12-16(18)24/h6-9,11-12,19,25H,2-5,10H2,1H3,(H,26,28). The number of nitrogens with zero attached hydrogens (tertiary/aromatic N) is 1. The molecule has 1 unspecified atom stereocenters. The van der Waals surface area contributed by atoms with Crippen molar-refractivity contribution >= 4 is 52.3 Å². The van der Waals surface area contributed by atoms with Crippen LogP contribution in [0.3, 0.4) is 0 Å². The van der Waals surface area contributed by atoms with Gasteiger partial charge >= 0.3 is 0 Å². The molecule has 30 heavy (non-hydrogen) atoms. The summed E-state index contributed by atoms with van der Waals surface area (Å²) in [5, 5.41) is 6.04. The molecule has 2 amide bonds. The molecule has 1 atom stereocenters. The number of amides is 2. The molecule has 1 heterocycles. The molecule has 9 heteroatoms. The third-order valence-electron chi connectivity index (χ3n) is 4.57. The molecule has 2 N–H and O–H groups in total. The van der Waals surface area contributed by atoms with Gasteiger partial charge in [-0.3, -0.25) is 15.0 Å². The van der Waals surface area contributed by atoms with Crippen molar-refractivity contribution in [2.75, 3.05) is 11.9 Å². The van der Waals surface area contributed by atoms with Crippen LogP contribution in [0.1, 0.15) is 43.0 Å². The summed E-state index contributed by atoms with van der Waals surface area (Å²) in [5.74, 6) is -0.0573. The van der Waals surface area contributed by atoms with Crippen LogP contribution in [0.2, 0.25) is 15.1 Å². The van der Waals surface area contributed by atoms with E-state index < -0.39 is 0 Å². The molecular formula is C21H22Cl3N3O3. The number of rotatable bonds is 8. The minimum atomic E-state index is -0.329. The lowest BCUT2D eigenvalue weighted by Crippen LogP contribution is -2.57. The Labute approximate surface area is 190 Å². The fourth-order valence-corrected chi connectivity index (χ4v) is 3.77. The summed E-state index contributed by atoms with van der Waals surface area (Å²) < 4.78 is 5.59. The van der Waals surface area contributed by atoms with Crippen LogP contribution in [0, 0.1) is 0 Å². The van der Waals surface area contributed by atoms with Gasteiger partial charge in [0.15, 0.2) is 0 Å². The van der Waals surface area contributed by atoms with Gasteiger partial charge in [-0.25, -0.2) is 5.01 Å². The Hall–Kier alpha value is -2.15. The predicted octanol–water partition coefficient (Wildman–Crippen LogP) is 5.53. The van der Waals surface area contributed by atoms with E-state index in [1.54, 1.807) is 36.4 Å². The van der Waals surface area contributed by atoms with Crippen LogP contribution in [0.5, 0.6) is 5.75 Å². The van der Waals surface area contributed by atoms with E-state index in [9.17, 15) is 9.59 Å². The lowest BCUT2D eigenvalue weighted by molar-refractivity contribution is -0.126. The summed E-state index contributed by atoms with van der Waals surface area (Å²) in [6.07, 6.45) is 1.85. The smallest absolute Gasteiger partial charge is 0.276 e. The fourth-order valence-electron chi connectivity index (χ4n) is 3.14. The average molecular weight is 471 g/mol. The Balaban J connectivity index is 1.56. The minimum Gasteiger partial charge on any atom is -0.492 e. The van der Waals surface area contributed by atoms with Gasteiger partial charge in [-0.2, -0.15) is 0 Å². The summed E-state index contributed by atoms with van der Waals surface area (Å²) in [5.41, 5.74) is 3.86. The largest absolute Gasteiger partial charge is 0.492 e. The van der Waals surface area contributed by atoms with Crippen molar-refractivity contribution in [3.8, 4) is 5.75 Å². The summed E-state index contributed by atoms with van der Waals surface area (Å²) in [4.78, 5) is 25.4. The Morgan fingerprint density at radius 1 is 1.17 bits per heavy atom. The van der Waals surface area contributed by atoms with E-state index in [1.165, 1.54) is 5.01 Å². The van der Waals surface area contributed by atoms with Crippen LogP contribution in [0.25, 0.3) is 0 Å². The molecule has 3 rings (SSSR count). The van der Waals surface area contributed by atoms with Gasteiger partial charge in [0.05, 0.1) is 17.2 Å². The molecule has 2 aromatic carbocycles. The maximum absolute atomic E-state index is 12.9. The molecule has 0 fully saturated rings. The van der Waals surface area contributed by atoms with Gasteiger partial charge in [-0.05, 0) is 49.2 Å². The molecule has 0 aliphatic carbocycles. The van der Waals surface area contributed by atoms with Crippen LogP contribution in [-0.4, -0.2) is 29.6 Å². The highest BCUT2D eigenvalue weighted by atomic mass is 35.5. The highest BCUT2D eigenvalue weighted by molar-refractivity contribution is 6.35. The van der Waals surface area contributed by atoms with Crippen LogP contribution in [0.15, 0.2) is 36.4 Å². The molecule has 160 valence electrons. The van der Waals surface area contributed by atoms with Gasteiger partial charge in [-0.1, -0.05) is 48.1 Å². The molecule has 0 aromatic heterocycles. The SMILES string of the molecule is CCCC1Nc2ccc(Cl)cc2C(=O)N1NC(=O)CCCOc1ccc(Cl)cc1Cl. The maximum Gasteiger partial charge on any atom is 0.276 e. The van der Waals surface area contributed by atoms with Gasteiger partial charge in [-0.15, -0.1) is 0 Å². The normalized spacial score (nSPS) is 15.4. The van der Waals surface area contributed by atoms with E-state index in [0.29, 0.717) is 51.5 Å². The van der Waals surface area contributed by atoms with Gasteiger partial charge in [0, 0.05) is 22.2 Å². The second-order valence-corrected chi connectivity index (χ2v) is 8.16. The number of anilines is 1. The third-order valence-corrected chi connectivity index (χ3v) is 5.34. The monoisotopic (exact) mass is 469 g/mol. The molecular weight excluding hydrogens is 449 g/mol. The van der Waals surface area contributed by atoms with E-state index in [4.69, 9.17) is 39.5 Å². The Morgan fingerprint density at radius 3 is 2.63 bits per heavy atom. The number of carbonyl (C=O) groups is 2. The molecule has 1 aliphatic rings. The van der Waals surface area contributed by atoms with Crippen molar-refractivity contribution in [2.24, 2.45) is 0 Å². The number of benzene rings is 2. The molecule has 0 spiro atoms. The highest BCUT2D eigenvalue weighted by Crippen LogP contribution is 2.29. The highest BCUT2D eigenvalue weighted by Gasteiger charge is 2.32. The first-order valence-corrected chi connectivity index (χ1v) is 10.8. The molecule has 0 saturated carbocycles. The van der Waals surface area contributed by atoms with Crippen LogP contribution < -0.4 is 15.5 Å². The zero-order valence-electron chi connectivity index (χ0n) is 16.4. The molecule has 0 bridgehead atoms. The van der Waals surface area contributed by atoms with E-state index in [0.717, 1.165) is 6.42 Å². The maximum atomic E-state index is 12.9. The first kappa shape index (κ1) is 22.5. The number of ether oxygens (including phenoxy) is 1. The number of hydrazine groups is 1. The van der Waals surface area contributed by atoms with Crippen LogP contribution in [-0.2, 0) is 4.79 Å². The number of hydrogen-bond donors (Lipinski definition) is 2. The Bertz CT molecular complexity index is 939. The summed E-state index contributed by atoms with van der Waals surface area (Å²) >= 11 is 18.0. The van der Waals surface area contributed by atoms with E-state index in [2.05, 4.69) is 10.7 Å². The number of nitrogens with one attached hydrogen (secondary N) is 2. The zero-order valence-corrected chi connectivity index (χ0v) is 18.7. The quantitative estimate of drug-likeness (QED) is 0.498. The topological polar surface area (TPSA) is 70.7 Å². The Kier molecular flexibility index (Phi) is 7.69.